The van der Waals surface area contributed by atoms with E-state index in [-0.39, 0.29) is 11.9 Å². The number of carbonyl (C=O) groups is 1. The summed E-state index contributed by atoms with van der Waals surface area (Å²) in [6.45, 7) is 2.04. The minimum atomic E-state index is -0.0971. The molecule has 94 valence electrons. The summed E-state index contributed by atoms with van der Waals surface area (Å²) in [6.07, 6.45) is 2.30. The lowest BCUT2D eigenvalue weighted by atomic mass is 10.2. The fourth-order valence-corrected chi connectivity index (χ4v) is 1.49. The van der Waals surface area contributed by atoms with E-state index < -0.39 is 0 Å². The first-order chi connectivity index (χ1) is 8.79. The lowest BCUT2D eigenvalue weighted by Gasteiger charge is -1.98. The zero-order valence-corrected chi connectivity index (χ0v) is 10.2. The number of benzene rings is 1. The topological polar surface area (TPSA) is 68.0 Å². The standard InChI is InChI=1S/C13H15N3O2/c1-2-3-9-11(17)14-13-16-15-12(18-13)10-7-5-4-6-8-10/h4-8H,2-3,9H2,1H3,(H,14,16,17). The maximum atomic E-state index is 11.5. The predicted octanol–water partition coefficient (Wildman–Crippen LogP) is 2.87. The van der Waals surface area contributed by atoms with E-state index in [1.165, 1.54) is 0 Å². The van der Waals surface area contributed by atoms with E-state index in [2.05, 4.69) is 15.5 Å². The second-order valence-electron chi connectivity index (χ2n) is 3.93. The van der Waals surface area contributed by atoms with E-state index in [1.54, 1.807) is 0 Å². The smallest absolute Gasteiger partial charge is 0.322 e. The summed E-state index contributed by atoms with van der Waals surface area (Å²) in [6, 6.07) is 9.58. The van der Waals surface area contributed by atoms with E-state index in [0.717, 1.165) is 18.4 Å². The van der Waals surface area contributed by atoms with E-state index in [0.29, 0.717) is 12.3 Å². The summed E-state index contributed by atoms with van der Waals surface area (Å²) in [5.41, 5.74) is 0.832. The normalized spacial score (nSPS) is 10.3. The third-order valence-corrected chi connectivity index (χ3v) is 2.45. The van der Waals surface area contributed by atoms with Gasteiger partial charge in [0.2, 0.25) is 11.8 Å². The van der Waals surface area contributed by atoms with Crippen molar-refractivity contribution < 1.29 is 9.21 Å². The molecule has 1 N–H and O–H groups in total. The molecule has 0 aliphatic heterocycles. The van der Waals surface area contributed by atoms with Gasteiger partial charge in [-0.05, 0) is 18.6 Å². The largest absolute Gasteiger partial charge is 0.403 e. The van der Waals surface area contributed by atoms with Gasteiger partial charge in [-0.15, -0.1) is 5.10 Å². The number of nitrogens with one attached hydrogen (secondary N) is 1. The molecule has 0 atom stereocenters. The van der Waals surface area contributed by atoms with Gasteiger partial charge in [-0.25, -0.2) is 0 Å². The van der Waals surface area contributed by atoms with Crippen molar-refractivity contribution in [3.8, 4) is 11.5 Å². The van der Waals surface area contributed by atoms with Crippen molar-refractivity contribution >= 4 is 11.9 Å². The van der Waals surface area contributed by atoms with Gasteiger partial charge in [-0.3, -0.25) is 10.1 Å². The Morgan fingerprint density at radius 2 is 2.06 bits per heavy atom. The number of rotatable bonds is 5. The van der Waals surface area contributed by atoms with Crippen LogP contribution in [-0.2, 0) is 4.79 Å². The van der Waals surface area contributed by atoms with E-state index >= 15 is 0 Å². The summed E-state index contributed by atoms with van der Waals surface area (Å²) < 4.78 is 5.37. The molecule has 5 heteroatoms. The number of anilines is 1. The van der Waals surface area contributed by atoms with Crippen molar-refractivity contribution in [2.45, 2.75) is 26.2 Å². The lowest BCUT2D eigenvalue weighted by Crippen LogP contribution is -2.11. The van der Waals surface area contributed by atoms with Gasteiger partial charge in [0.15, 0.2) is 0 Å². The average molecular weight is 245 g/mol. The molecule has 2 aromatic rings. The van der Waals surface area contributed by atoms with Crippen LogP contribution >= 0.6 is 0 Å². The first-order valence-electron chi connectivity index (χ1n) is 5.98. The summed E-state index contributed by atoms with van der Waals surface area (Å²) in [5.74, 6) is 0.307. The molecule has 0 fully saturated rings. The zero-order valence-electron chi connectivity index (χ0n) is 10.2. The van der Waals surface area contributed by atoms with E-state index in [9.17, 15) is 4.79 Å². The van der Waals surface area contributed by atoms with Crippen LogP contribution < -0.4 is 5.32 Å². The molecule has 18 heavy (non-hydrogen) atoms. The number of amides is 1. The molecule has 0 aliphatic carbocycles. The lowest BCUT2D eigenvalue weighted by molar-refractivity contribution is -0.116. The monoisotopic (exact) mass is 245 g/mol. The van der Waals surface area contributed by atoms with Gasteiger partial charge < -0.3 is 4.42 Å². The average Bonchev–Trinajstić information content (AvgIpc) is 2.86. The molecule has 1 amide bonds. The third-order valence-electron chi connectivity index (χ3n) is 2.45. The molecule has 0 saturated carbocycles. The van der Waals surface area contributed by atoms with Gasteiger partial charge >= 0.3 is 6.01 Å². The van der Waals surface area contributed by atoms with Crippen molar-refractivity contribution in [2.24, 2.45) is 0 Å². The summed E-state index contributed by atoms with van der Waals surface area (Å²) in [5, 5.41) is 10.3. The maximum Gasteiger partial charge on any atom is 0.322 e. The van der Waals surface area contributed by atoms with Gasteiger partial charge in [0.25, 0.3) is 0 Å². The minimum Gasteiger partial charge on any atom is -0.403 e. The SMILES string of the molecule is CCCCC(=O)Nc1nnc(-c2ccccc2)o1. The van der Waals surface area contributed by atoms with E-state index in [4.69, 9.17) is 4.42 Å². The summed E-state index contributed by atoms with van der Waals surface area (Å²) in [7, 11) is 0. The second-order valence-corrected chi connectivity index (χ2v) is 3.93. The molecule has 0 unspecified atom stereocenters. The van der Waals surface area contributed by atoms with Crippen molar-refractivity contribution in [1.82, 2.24) is 10.2 Å². The van der Waals surface area contributed by atoms with Gasteiger partial charge in [0.05, 0.1) is 0 Å². The molecule has 5 nitrogen and oxygen atoms in total. The second kappa shape index (κ2) is 5.95. The predicted molar refractivity (Wildman–Crippen MR) is 67.9 cm³/mol. The highest BCUT2D eigenvalue weighted by molar-refractivity contribution is 5.88. The van der Waals surface area contributed by atoms with Crippen molar-refractivity contribution in [1.29, 1.82) is 0 Å². The summed E-state index contributed by atoms with van der Waals surface area (Å²) in [4.78, 5) is 11.5. The molecule has 1 aromatic heterocycles. The highest BCUT2D eigenvalue weighted by Crippen LogP contribution is 2.19. The van der Waals surface area contributed by atoms with Gasteiger partial charge in [-0.2, -0.15) is 0 Å². The first-order valence-corrected chi connectivity index (χ1v) is 5.98. The highest BCUT2D eigenvalue weighted by Gasteiger charge is 2.10. The fourth-order valence-electron chi connectivity index (χ4n) is 1.49. The van der Waals surface area contributed by atoms with E-state index in [1.807, 2.05) is 37.3 Å². The Balaban J connectivity index is 2.00. The summed E-state index contributed by atoms with van der Waals surface area (Å²) >= 11 is 0. The van der Waals surface area contributed by atoms with Crippen LogP contribution in [0.1, 0.15) is 26.2 Å². The molecule has 0 radical (unpaired) electrons. The van der Waals surface area contributed by atoms with Crippen LogP contribution in [-0.4, -0.2) is 16.1 Å². The number of aromatic nitrogens is 2. The number of hydrogen-bond donors (Lipinski definition) is 1. The molecule has 0 saturated heterocycles. The Bertz CT molecular complexity index is 508. The van der Waals surface area contributed by atoms with Crippen LogP contribution in [0.25, 0.3) is 11.5 Å². The fraction of sp³-hybridized carbons (Fsp3) is 0.308. The van der Waals surface area contributed by atoms with Gasteiger partial charge in [-0.1, -0.05) is 36.6 Å². The van der Waals surface area contributed by atoms with Crippen molar-refractivity contribution in [3.63, 3.8) is 0 Å². The van der Waals surface area contributed by atoms with Crippen LogP contribution in [0.3, 0.4) is 0 Å². The molecule has 0 bridgehead atoms. The number of carbonyl (C=O) groups excluding carboxylic acids is 1. The third kappa shape index (κ3) is 3.16. The molecule has 2 rings (SSSR count). The molecular weight excluding hydrogens is 230 g/mol. The van der Waals surface area contributed by atoms with Crippen molar-refractivity contribution in [3.05, 3.63) is 30.3 Å². The Morgan fingerprint density at radius 3 is 2.78 bits per heavy atom. The molecule has 0 aliphatic rings. The Kier molecular flexibility index (Phi) is 4.06. The minimum absolute atomic E-state index is 0.0971. The number of nitrogens with zero attached hydrogens (tertiary/aromatic N) is 2. The maximum absolute atomic E-state index is 11.5. The Hall–Kier alpha value is -2.17. The van der Waals surface area contributed by atoms with Gasteiger partial charge in [0.1, 0.15) is 0 Å². The van der Waals surface area contributed by atoms with Crippen LogP contribution in [0.15, 0.2) is 34.7 Å². The number of hydrogen-bond acceptors (Lipinski definition) is 4. The quantitative estimate of drug-likeness (QED) is 0.879. The van der Waals surface area contributed by atoms with Gasteiger partial charge in [0, 0.05) is 12.0 Å². The van der Waals surface area contributed by atoms with Crippen LogP contribution in [0, 0.1) is 0 Å². The van der Waals surface area contributed by atoms with Crippen LogP contribution in [0.5, 0.6) is 0 Å². The Labute approximate surface area is 105 Å². The zero-order chi connectivity index (χ0) is 12.8. The van der Waals surface area contributed by atoms with Crippen LogP contribution in [0.2, 0.25) is 0 Å². The highest BCUT2D eigenvalue weighted by atomic mass is 16.4. The van der Waals surface area contributed by atoms with Crippen LogP contribution in [0.4, 0.5) is 6.01 Å². The molecule has 1 aromatic carbocycles. The molecule has 0 spiro atoms. The molecular formula is C13H15N3O2. The molecule has 1 heterocycles. The first kappa shape index (κ1) is 12.3. The Morgan fingerprint density at radius 1 is 1.28 bits per heavy atom. The van der Waals surface area contributed by atoms with Crippen molar-refractivity contribution in [2.75, 3.05) is 5.32 Å². The number of unbranched alkanes of at least 4 members (excludes halogenated alkanes) is 1.